The van der Waals surface area contributed by atoms with E-state index in [1.807, 2.05) is 80.6 Å². The zero-order valence-corrected chi connectivity index (χ0v) is 19.6. The van der Waals surface area contributed by atoms with Crippen LogP contribution < -0.4 is 10.1 Å². The van der Waals surface area contributed by atoms with E-state index in [0.717, 1.165) is 43.3 Å². The van der Waals surface area contributed by atoms with Crippen LogP contribution in [0.3, 0.4) is 0 Å². The van der Waals surface area contributed by atoms with Gasteiger partial charge < -0.3 is 14.5 Å². The number of nitrogens with one attached hydrogen (secondary N) is 1. The van der Waals surface area contributed by atoms with Crippen LogP contribution in [0, 0.1) is 0 Å². The van der Waals surface area contributed by atoms with Gasteiger partial charge in [-0.15, -0.1) is 0 Å². The van der Waals surface area contributed by atoms with Crippen molar-refractivity contribution >= 4 is 38.4 Å². The Labute approximate surface area is 196 Å². The van der Waals surface area contributed by atoms with Crippen molar-refractivity contribution in [3.63, 3.8) is 0 Å². The molecule has 0 radical (unpaired) electrons. The fourth-order valence-corrected chi connectivity index (χ4v) is 3.87. The number of halogens is 1. The number of amides is 1. The van der Waals surface area contributed by atoms with Crippen LogP contribution >= 0.6 is 15.9 Å². The lowest BCUT2D eigenvalue weighted by atomic mass is 9.99. The molecule has 1 aromatic heterocycles. The summed E-state index contributed by atoms with van der Waals surface area (Å²) in [5.74, 6) is 0.551. The number of carbonyl (C=O) groups excluding carboxylic acids is 1. The summed E-state index contributed by atoms with van der Waals surface area (Å²) in [7, 11) is 0. The van der Waals surface area contributed by atoms with Gasteiger partial charge >= 0.3 is 0 Å². The smallest absolute Gasteiger partial charge is 0.244 e. The van der Waals surface area contributed by atoms with Gasteiger partial charge in [0.2, 0.25) is 5.91 Å². The van der Waals surface area contributed by atoms with Crippen molar-refractivity contribution in [1.29, 1.82) is 0 Å². The van der Waals surface area contributed by atoms with E-state index in [-0.39, 0.29) is 5.91 Å². The van der Waals surface area contributed by atoms with Gasteiger partial charge in [-0.3, -0.25) is 4.79 Å². The maximum Gasteiger partial charge on any atom is 0.244 e. The summed E-state index contributed by atoms with van der Waals surface area (Å²) in [6.07, 6.45) is 3.38. The third-order valence-corrected chi connectivity index (χ3v) is 5.74. The van der Waals surface area contributed by atoms with Gasteiger partial charge in [-0.2, -0.15) is 0 Å². The Bertz CT molecular complexity index is 1260. The highest BCUT2D eigenvalue weighted by molar-refractivity contribution is 9.10. The summed E-state index contributed by atoms with van der Waals surface area (Å²) < 4.78 is 12.7. The molecule has 0 bridgehead atoms. The molecule has 4 nitrogen and oxygen atoms in total. The molecule has 0 spiro atoms. The van der Waals surface area contributed by atoms with Crippen LogP contribution in [0.15, 0.2) is 88.0 Å². The Morgan fingerprint density at radius 3 is 2.56 bits per heavy atom. The van der Waals surface area contributed by atoms with Crippen LogP contribution in [0.5, 0.6) is 5.75 Å². The molecule has 1 N–H and O–H groups in total. The van der Waals surface area contributed by atoms with Gasteiger partial charge in [-0.05, 0) is 48.7 Å². The molecule has 0 unspecified atom stereocenters. The van der Waals surface area contributed by atoms with Gasteiger partial charge in [0.15, 0.2) is 0 Å². The number of benzene rings is 3. The highest BCUT2D eigenvalue weighted by Crippen LogP contribution is 2.37. The second kappa shape index (κ2) is 9.88. The zero-order valence-electron chi connectivity index (χ0n) is 18.0. The van der Waals surface area contributed by atoms with Gasteiger partial charge in [0, 0.05) is 39.7 Å². The van der Waals surface area contributed by atoms with Crippen molar-refractivity contribution in [2.45, 2.75) is 20.4 Å². The molecule has 0 aliphatic heterocycles. The number of allylic oxidation sites excluding steroid dienone is 1. The number of fused-ring (bicyclic) bond motifs is 1. The SMILES string of the molecule is CCOc1cc2occ(-c3ccc(Br)cc3)c2cc1/C(C)=C/C(=O)NCc1ccccc1. The fourth-order valence-electron chi connectivity index (χ4n) is 3.60. The van der Waals surface area contributed by atoms with E-state index in [4.69, 9.17) is 9.15 Å². The Kier molecular flexibility index (Phi) is 6.76. The molecule has 0 saturated carbocycles. The first kappa shape index (κ1) is 21.9. The Morgan fingerprint density at radius 1 is 1.09 bits per heavy atom. The Morgan fingerprint density at radius 2 is 1.84 bits per heavy atom. The monoisotopic (exact) mass is 489 g/mol. The minimum absolute atomic E-state index is 0.144. The zero-order chi connectivity index (χ0) is 22.5. The standard InChI is InChI=1S/C27H24BrNO3/c1-3-31-25-15-26-23(24(17-32-26)20-9-11-21(28)12-10-20)14-22(25)18(2)13-27(30)29-16-19-7-5-4-6-8-19/h4-15,17H,3,16H2,1-2H3,(H,29,30)/b18-13+. The van der Waals surface area contributed by atoms with Gasteiger partial charge in [-0.25, -0.2) is 0 Å². The highest BCUT2D eigenvalue weighted by atomic mass is 79.9. The van der Waals surface area contributed by atoms with E-state index in [1.54, 1.807) is 12.3 Å². The maximum atomic E-state index is 12.6. The first-order chi connectivity index (χ1) is 15.5. The van der Waals surface area contributed by atoms with Crippen molar-refractivity contribution in [2.75, 3.05) is 6.61 Å². The van der Waals surface area contributed by atoms with E-state index in [0.29, 0.717) is 18.9 Å². The van der Waals surface area contributed by atoms with Crippen LogP contribution in [0.4, 0.5) is 0 Å². The molecule has 0 atom stereocenters. The van der Waals surface area contributed by atoms with Crippen molar-refractivity contribution in [3.8, 4) is 16.9 Å². The lowest BCUT2D eigenvalue weighted by Gasteiger charge is -2.12. The lowest BCUT2D eigenvalue weighted by Crippen LogP contribution is -2.20. The van der Waals surface area contributed by atoms with Crippen molar-refractivity contribution in [1.82, 2.24) is 5.32 Å². The summed E-state index contributed by atoms with van der Waals surface area (Å²) in [6.45, 7) is 4.86. The average molecular weight is 490 g/mol. The van der Waals surface area contributed by atoms with Crippen molar-refractivity contribution < 1.29 is 13.9 Å². The van der Waals surface area contributed by atoms with Crippen LogP contribution in [-0.2, 0) is 11.3 Å². The van der Waals surface area contributed by atoms with Gasteiger partial charge in [0.1, 0.15) is 11.3 Å². The predicted molar refractivity (Wildman–Crippen MR) is 132 cm³/mol. The molecule has 0 saturated heterocycles. The van der Waals surface area contributed by atoms with Crippen molar-refractivity contribution in [2.24, 2.45) is 0 Å². The summed E-state index contributed by atoms with van der Waals surface area (Å²) in [6, 6.07) is 21.9. The minimum atomic E-state index is -0.144. The minimum Gasteiger partial charge on any atom is -0.493 e. The normalized spacial score (nSPS) is 11.5. The molecule has 32 heavy (non-hydrogen) atoms. The highest BCUT2D eigenvalue weighted by Gasteiger charge is 2.15. The summed E-state index contributed by atoms with van der Waals surface area (Å²) >= 11 is 3.48. The number of ether oxygens (including phenoxy) is 1. The molecule has 1 heterocycles. The molecule has 3 aromatic carbocycles. The molecule has 1 amide bonds. The average Bonchev–Trinajstić information content (AvgIpc) is 3.21. The summed E-state index contributed by atoms with van der Waals surface area (Å²) in [5, 5.41) is 3.92. The van der Waals surface area contributed by atoms with Crippen LogP contribution in [-0.4, -0.2) is 12.5 Å². The van der Waals surface area contributed by atoms with Crippen LogP contribution in [0.25, 0.3) is 27.7 Å². The number of hydrogen-bond acceptors (Lipinski definition) is 3. The molecule has 4 aromatic rings. The Balaban J connectivity index is 1.66. The molecular weight excluding hydrogens is 466 g/mol. The second-order valence-corrected chi connectivity index (χ2v) is 8.38. The largest absolute Gasteiger partial charge is 0.493 e. The maximum absolute atomic E-state index is 12.6. The predicted octanol–water partition coefficient (Wildman–Crippen LogP) is 6.98. The van der Waals surface area contributed by atoms with Gasteiger partial charge in [-0.1, -0.05) is 58.4 Å². The van der Waals surface area contributed by atoms with Crippen LogP contribution in [0.2, 0.25) is 0 Å². The molecule has 0 fully saturated rings. The molecule has 162 valence electrons. The quantitative estimate of drug-likeness (QED) is 0.285. The first-order valence-electron chi connectivity index (χ1n) is 10.5. The lowest BCUT2D eigenvalue weighted by molar-refractivity contribution is -0.116. The van der Waals surface area contributed by atoms with Gasteiger partial charge in [0.05, 0.1) is 12.9 Å². The topological polar surface area (TPSA) is 51.5 Å². The molecule has 0 aliphatic rings. The third kappa shape index (κ3) is 4.94. The summed E-state index contributed by atoms with van der Waals surface area (Å²) in [4.78, 5) is 12.6. The van der Waals surface area contributed by atoms with Crippen molar-refractivity contribution in [3.05, 3.63) is 94.7 Å². The number of carbonyl (C=O) groups is 1. The van der Waals surface area contributed by atoms with E-state index >= 15 is 0 Å². The number of rotatable bonds is 7. The van der Waals surface area contributed by atoms with E-state index in [1.165, 1.54) is 0 Å². The second-order valence-electron chi connectivity index (χ2n) is 7.46. The molecule has 0 aliphatic carbocycles. The number of furan rings is 1. The van der Waals surface area contributed by atoms with E-state index in [2.05, 4.69) is 21.2 Å². The Hall–Kier alpha value is -3.31. The molecular formula is C27H24BrNO3. The first-order valence-corrected chi connectivity index (χ1v) is 11.3. The van der Waals surface area contributed by atoms with Crippen LogP contribution in [0.1, 0.15) is 25.0 Å². The third-order valence-electron chi connectivity index (χ3n) is 5.21. The van der Waals surface area contributed by atoms with E-state index in [9.17, 15) is 4.79 Å². The molecule has 4 rings (SSSR count). The van der Waals surface area contributed by atoms with Gasteiger partial charge in [0.25, 0.3) is 0 Å². The number of hydrogen-bond donors (Lipinski definition) is 1. The fraction of sp³-hybridized carbons (Fsp3) is 0.148. The summed E-state index contributed by atoms with van der Waals surface area (Å²) in [5.41, 5.74) is 5.55. The van der Waals surface area contributed by atoms with E-state index < -0.39 is 0 Å². The molecule has 5 heteroatoms.